The molecule has 7 heteroatoms. The van der Waals surface area contributed by atoms with Gasteiger partial charge in [-0.2, -0.15) is 0 Å². The van der Waals surface area contributed by atoms with Crippen molar-refractivity contribution in [2.45, 2.75) is 32.4 Å². The molecule has 1 aliphatic rings. The molecule has 0 aromatic carbocycles. The zero-order chi connectivity index (χ0) is 17.8. The van der Waals surface area contributed by atoms with E-state index in [-0.39, 0.29) is 12.0 Å². The number of carbonyl (C=O) groups excluding carboxylic acids is 1. The van der Waals surface area contributed by atoms with Crippen LogP contribution in [0.3, 0.4) is 0 Å². The van der Waals surface area contributed by atoms with Crippen molar-refractivity contribution >= 4 is 11.7 Å². The van der Waals surface area contributed by atoms with Crippen LogP contribution in [0.5, 0.6) is 0 Å². The van der Waals surface area contributed by atoms with Crippen LogP contribution in [0.2, 0.25) is 0 Å². The second kappa shape index (κ2) is 7.65. The number of pyridine rings is 1. The van der Waals surface area contributed by atoms with E-state index in [9.17, 15) is 9.90 Å². The Bertz CT molecular complexity index is 713. The summed E-state index contributed by atoms with van der Waals surface area (Å²) in [6.45, 7) is 4.51. The van der Waals surface area contributed by atoms with Crippen LogP contribution in [-0.2, 0) is 13.6 Å². The van der Waals surface area contributed by atoms with Gasteiger partial charge < -0.3 is 19.5 Å². The maximum atomic E-state index is 12.7. The highest BCUT2D eigenvalue weighted by Crippen LogP contribution is 2.18. The molecule has 1 amide bonds. The lowest BCUT2D eigenvalue weighted by molar-refractivity contribution is 0.0746. The third-order valence-electron chi connectivity index (χ3n) is 4.64. The van der Waals surface area contributed by atoms with Crippen LogP contribution >= 0.6 is 0 Å². The van der Waals surface area contributed by atoms with Gasteiger partial charge in [0.15, 0.2) is 0 Å². The Morgan fingerprint density at radius 1 is 1.40 bits per heavy atom. The van der Waals surface area contributed by atoms with Crippen molar-refractivity contribution in [3.63, 3.8) is 0 Å². The van der Waals surface area contributed by atoms with Crippen molar-refractivity contribution in [1.82, 2.24) is 19.4 Å². The van der Waals surface area contributed by atoms with Crippen molar-refractivity contribution in [2.24, 2.45) is 7.05 Å². The number of imidazole rings is 1. The Balaban J connectivity index is 1.69. The fourth-order valence-corrected chi connectivity index (χ4v) is 3.09. The molecule has 1 N–H and O–H groups in total. The number of carbonyl (C=O) groups is 1. The molecule has 1 atom stereocenters. The third-order valence-corrected chi connectivity index (χ3v) is 4.64. The molecule has 7 nitrogen and oxygen atoms in total. The minimum absolute atomic E-state index is 0.0526. The van der Waals surface area contributed by atoms with Gasteiger partial charge in [0, 0.05) is 45.3 Å². The third kappa shape index (κ3) is 3.99. The Labute approximate surface area is 147 Å². The summed E-state index contributed by atoms with van der Waals surface area (Å²) in [7, 11) is 1.92. The maximum Gasteiger partial charge on any atom is 0.255 e. The van der Waals surface area contributed by atoms with E-state index >= 15 is 0 Å². The summed E-state index contributed by atoms with van der Waals surface area (Å²) in [5.74, 6) is 1.60. The molecule has 1 aliphatic heterocycles. The molecule has 3 heterocycles. The molecular formula is C18H25N5O2. The standard InChI is InChI=1S/C18H25N5O2/c1-3-22(13-17-19-8-10-21(17)2)18(25)14-6-7-16(20-11-14)23-9-4-5-15(24)12-23/h6-8,10-11,15,24H,3-5,9,12-13H2,1-2H3/t15-/m0/s1. The highest BCUT2D eigenvalue weighted by Gasteiger charge is 2.20. The number of β-amino-alcohol motifs (C(OH)–C–C–N with tert-alkyl or cyclic N) is 1. The zero-order valence-electron chi connectivity index (χ0n) is 14.8. The first-order chi connectivity index (χ1) is 12.1. The summed E-state index contributed by atoms with van der Waals surface area (Å²) in [5, 5.41) is 9.80. The van der Waals surface area contributed by atoms with Gasteiger partial charge in [-0.1, -0.05) is 0 Å². The molecular weight excluding hydrogens is 318 g/mol. The van der Waals surface area contributed by atoms with Crippen molar-refractivity contribution in [3.05, 3.63) is 42.1 Å². The summed E-state index contributed by atoms with van der Waals surface area (Å²) in [6.07, 6.45) is 6.72. The molecule has 1 fully saturated rings. The zero-order valence-corrected chi connectivity index (χ0v) is 14.8. The molecule has 0 saturated carbocycles. The Morgan fingerprint density at radius 2 is 2.24 bits per heavy atom. The normalized spacial score (nSPS) is 17.6. The highest BCUT2D eigenvalue weighted by atomic mass is 16.3. The van der Waals surface area contributed by atoms with Crippen molar-refractivity contribution in [3.8, 4) is 0 Å². The summed E-state index contributed by atoms with van der Waals surface area (Å²) in [6, 6.07) is 3.67. The Morgan fingerprint density at radius 3 is 2.84 bits per heavy atom. The molecule has 0 bridgehead atoms. The van der Waals surface area contributed by atoms with Gasteiger partial charge in [0.2, 0.25) is 0 Å². The van der Waals surface area contributed by atoms with Crippen LogP contribution in [0, 0.1) is 0 Å². The monoisotopic (exact) mass is 343 g/mol. The van der Waals surface area contributed by atoms with E-state index in [4.69, 9.17) is 0 Å². The van der Waals surface area contributed by atoms with Crippen molar-refractivity contribution in [2.75, 3.05) is 24.5 Å². The minimum Gasteiger partial charge on any atom is -0.391 e. The molecule has 25 heavy (non-hydrogen) atoms. The number of aliphatic hydroxyl groups is 1. The predicted molar refractivity (Wildman–Crippen MR) is 95.3 cm³/mol. The number of piperidine rings is 1. The summed E-state index contributed by atoms with van der Waals surface area (Å²) in [5.41, 5.74) is 0.567. The number of amides is 1. The smallest absolute Gasteiger partial charge is 0.255 e. The fraction of sp³-hybridized carbons (Fsp3) is 0.500. The van der Waals surface area contributed by atoms with E-state index in [0.717, 1.165) is 31.0 Å². The van der Waals surface area contributed by atoms with E-state index < -0.39 is 0 Å². The van der Waals surface area contributed by atoms with Gasteiger partial charge in [0.1, 0.15) is 11.6 Å². The van der Waals surface area contributed by atoms with Gasteiger partial charge in [-0.15, -0.1) is 0 Å². The number of anilines is 1. The molecule has 3 rings (SSSR count). The Hall–Kier alpha value is -2.41. The minimum atomic E-state index is -0.301. The molecule has 0 unspecified atom stereocenters. The summed E-state index contributed by atoms with van der Waals surface area (Å²) >= 11 is 0. The number of hydrogen-bond acceptors (Lipinski definition) is 5. The number of aryl methyl sites for hydroxylation is 1. The van der Waals surface area contributed by atoms with Crippen LogP contribution in [0.4, 0.5) is 5.82 Å². The lowest BCUT2D eigenvalue weighted by Gasteiger charge is -2.31. The number of aromatic nitrogens is 3. The van der Waals surface area contributed by atoms with Gasteiger partial charge in [0.25, 0.3) is 5.91 Å². The van der Waals surface area contributed by atoms with Gasteiger partial charge >= 0.3 is 0 Å². The second-order valence-electron chi connectivity index (χ2n) is 6.42. The molecule has 2 aromatic heterocycles. The molecule has 1 saturated heterocycles. The van der Waals surface area contributed by atoms with Crippen molar-refractivity contribution < 1.29 is 9.90 Å². The highest BCUT2D eigenvalue weighted by molar-refractivity contribution is 5.94. The average molecular weight is 343 g/mol. The first-order valence-corrected chi connectivity index (χ1v) is 8.73. The van der Waals surface area contributed by atoms with Crippen LogP contribution in [0.15, 0.2) is 30.7 Å². The maximum absolute atomic E-state index is 12.7. The largest absolute Gasteiger partial charge is 0.391 e. The fourth-order valence-electron chi connectivity index (χ4n) is 3.09. The molecule has 0 spiro atoms. The van der Waals surface area contributed by atoms with Crippen molar-refractivity contribution in [1.29, 1.82) is 0 Å². The summed E-state index contributed by atoms with van der Waals surface area (Å²) < 4.78 is 1.92. The SMILES string of the molecule is CCN(Cc1nccn1C)C(=O)c1ccc(N2CCC[C@H](O)C2)nc1. The number of nitrogens with zero attached hydrogens (tertiary/aromatic N) is 5. The van der Waals surface area contributed by atoms with Crippen LogP contribution in [0.1, 0.15) is 35.9 Å². The first kappa shape index (κ1) is 17.4. The Kier molecular flexibility index (Phi) is 5.33. The molecule has 0 radical (unpaired) electrons. The first-order valence-electron chi connectivity index (χ1n) is 8.73. The van der Waals surface area contributed by atoms with E-state index in [2.05, 4.69) is 14.9 Å². The number of rotatable bonds is 5. The van der Waals surface area contributed by atoms with Gasteiger partial charge in [-0.05, 0) is 31.9 Å². The molecule has 2 aromatic rings. The van der Waals surface area contributed by atoms with Crippen LogP contribution in [0.25, 0.3) is 0 Å². The molecule has 134 valence electrons. The van der Waals surface area contributed by atoms with Gasteiger partial charge in [0.05, 0.1) is 18.2 Å². The summed E-state index contributed by atoms with van der Waals surface area (Å²) in [4.78, 5) is 25.3. The van der Waals surface area contributed by atoms with Crippen LogP contribution < -0.4 is 4.90 Å². The van der Waals surface area contributed by atoms with Crippen LogP contribution in [-0.4, -0.2) is 56.2 Å². The van der Waals surface area contributed by atoms with E-state index in [1.165, 1.54) is 0 Å². The van der Waals surface area contributed by atoms with E-state index in [1.54, 1.807) is 17.3 Å². The lowest BCUT2D eigenvalue weighted by Crippen LogP contribution is -2.38. The van der Waals surface area contributed by atoms with Gasteiger partial charge in [-0.25, -0.2) is 9.97 Å². The lowest BCUT2D eigenvalue weighted by atomic mass is 10.1. The van der Waals surface area contributed by atoms with E-state index in [1.807, 2.05) is 36.9 Å². The quantitative estimate of drug-likeness (QED) is 0.889. The van der Waals surface area contributed by atoms with Gasteiger partial charge in [-0.3, -0.25) is 4.79 Å². The second-order valence-corrected chi connectivity index (χ2v) is 6.42. The topological polar surface area (TPSA) is 74.5 Å². The number of hydrogen-bond donors (Lipinski definition) is 1. The average Bonchev–Trinajstić information content (AvgIpc) is 3.04. The van der Waals surface area contributed by atoms with E-state index in [0.29, 0.717) is 25.2 Å². The number of aliphatic hydroxyl groups excluding tert-OH is 1. The predicted octanol–water partition coefficient (Wildman–Crippen LogP) is 1.44. The molecule has 0 aliphatic carbocycles.